The van der Waals surface area contributed by atoms with Crippen LogP contribution in [0.1, 0.15) is 24.3 Å². The van der Waals surface area contributed by atoms with Gasteiger partial charge in [-0.05, 0) is 54.7 Å². The third-order valence-electron chi connectivity index (χ3n) is 5.84. The van der Waals surface area contributed by atoms with Gasteiger partial charge in [-0.2, -0.15) is 0 Å². The molecule has 1 aliphatic carbocycles. The Morgan fingerprint density at radius 3 is 2.53 bits per heavy atom. The molecule has 1 saturated carbocycles. The van der Waals surface area contributed by atoms with Crippen molar-refractivity contribution in [3.8, 4) is 22.4 Å². The molecule has 1 fully saturated rings. The van der Waals surface area contributed by atoms with Gasteiger partial charge >= 0.3 is 0 Å². The summed E-state index contributed by atoms with van der Waals surface area (Å²) < 4.78 is 0. The summed E-state index contributed by atoms with van der Waals surface area (Å²) in [5.41, 5.74) is 6.49. The van der Waals surface area contributed by atoms with Crippen LogP contribution in [0.25, 0.3) is 44.3 Å². The lowest BCUT2D eigenvalue weighted by Gasteiger charge is -2.13. The molecule has 3 aromatic heterocycles. The van der Waals surface area contributed by atoms with Gasteiger partial charge in [0, 0.05) is 33.7 Å². The van der Waals surface area contributed by atoms with Gasteiger partial charge in [0.25, 0.3) is 5.56 Å². The third kappa shape index (κ3) is 2.89. The molecule has 1 aliphatic rings. The van der Waals surface area contributed by atoms with Gasteiger partial charge < -0.3 is 4.98 Å². The predicted octanol–water partition coefficient (Wildman–Crippen LogP) is 5.68. The maximum atomic E-state index is 12.6. The zero-order valence-electron chi connectivity index (χ0n) is 16.3. The van der Waals surface area contributed by atoms with Crippen molar-refractivity contribution in [3.05, 3.63) is 94.9 Å². The first kappa shape index (κ1) is 17.1. The van der Waals surface area contributed by atoms with Crippen LogP contribution in [-0.2, 0) is 0 Å². The summed E-state index contributed by atoms with van der Waals surface area (Å²) >= 11 is 0. The fourth-order valence-electron chi connectivity index (χ4n) is 4.13. The molecule has 0 unspecified atom stereocenters. The van der Waals surface area contributed by atoms with Crippen LogP contribution in [-0.4, -0.2) is 15.0 Å². The lowest BCUT2D eigenvalue weighted by molar-refractivity contribution is 1.06. The van der Waals surface area contributed by atoms with Crippen LogP contribution in [0.15, 0.2) is 83.8 Å². The Balaban J connectivity index is 1.64. The van der Waals surface area contributed by atoms with Crippen molar-refractivity contribution in [3.63, 3.8) is 0 Å². The van der Waals surface area contributed by atoms with Crippen LogP contribution in [0.5, 0.6) is 0 Å². The van der Waals surface area contributed by atoms with Crippen LogP contribution in [0.4, 0.5) is 0 Å². The van der Waals surface area contributed by atoms with Crippen molar-refractivity contribution >= 4 is 21.9 Å². The largest absolute Gasteiger partial charge is 0.306 e. The number of hydrogen-bond donors (Lipinski definition) is 1. The van der Waals surface area contributed by atoms with Crippen molar-refractivity contribution < 1.29 is 0 Å². The Hall–Kier alpha value is -3.79. The number of aromatic nitrogens is 3. The van der Waals surface area contributed by atoms with Crippen LogP contribution in [0, 0.1) is 0 Å². The van der Waals surface area contributed by atoms with Gasteiger partial charge in [0.2, 0.25) is 0 Å². The van der Waals surface area contributed by atoms with E-state index >= 15 is 0 Å². The van der Waals surface area contributed by atoms with Gasteiger partial charge in [0.15, 0.2) is 0 Å². The maximum absolute atomic E-state index is 12.6. The molecule has 3 heterocycles. The summed E-state index contributed by atoms with van der Waals surface area (Å²) in [5, 5.41) is 2.06. The van der Waals surface area contributed by atoms with E-state index in [0.29, 0.717) is 11.6 Å². The Kier molecular flexibility index (Phi) is 3.78. The number of rotatable bonds is 3. The van der Waals surface area contributed by atoms with Gasteiger partial charge in [-0.25, -0.2) is 4.98 Å². The molecule has 1 N–H and O–H groups in total. The second-order valence-corrected chi connectivity index (χ2v) is 7.93. The van der Waals surface area contributed by atoms with E-state index in [0.717, 1.165) is 57.1 Å². The summed E-state index contributed by atoms with van der Waals surface area (Å²) in [4.78, 5) is 24.9. The normalized spacial score (nSPS) is 13.7. The molecule has 144 valence electrons. The molecule has 0 spiro atoms. The molecule has 0 radical (unpaired) electrons. The van der Waals surface area contributed by atoms with E-state index in [1.165, 1.54) is 0 Å². The SMILES string of the molecule is O=c1[nH]c2nc(-c3ccccc3)c(-c3ccc4ncccc4c3)cc2cc1C1CC1. The lowest BCUT2D eigenvalue weighted by atomic mass is 9.96. The summed E-state index contributed by atoms with van der Waals surface area (Å²) in [6, 6.07) is 24.6. The van der Waals surface area contributed by atoms with E-state index in [9.17, 15) is 4.79 Å². The Bertz CT molecular complexity index is 1470. The number of aromatic amines is 1. The van der Waals surface area contributed by atoms with Crippen molar-refractivity contribution in [1.82, 2.24) is 15.0 Å². The molecule has 0 amide bonds. The average molecular weight is 389 g/mol. The summed E-state index contributed by atoms with van der Waals surface area (Å²) in [7, 11) is 0. The highest BCUT2D eigenvalue weighted by Gasteiger charge is 2.27. The molecule has 30 heavy (non-hydrogen) atoms. The summed E-state index contributed by atoms with van der Waals surface area (Å²) in [5.74, 6) is 0.391. The molecule has 4 heteroatoms. The minimum atomic E-state index is -0.0129. The second-order valence-electron chi connectivity index (χ2n) is 7.93. The van der Waals surface area contributed by atoms with Crippen molar-refractivity contribution in [2.45, 2.75) is 18.8 Å². The van der Waals surface area contributed by atoms with E-state index in [2.05, 4.69) is 46.4 Å². The molecule has 0 atom stereocenters. The first-order valence-corrected chi connectivity index (χ1v) is 10.2. The second kappa shape index (κ2) is 6.63. The van der Waals surface area contributed by atoms with Gasteiger partial charge in [0.1, 0.15) is 5.65 Å². The zero-order valence-corrected chi connectivity index (χ0v) is 16.3. The Morgan fingerprint density at radius 1 is 0.833 bits per heavy atom. The first-order valence-electron chi connectivity index (χ1n) is 10.2. The lowest BCUT2D eigenvalue weighted by Crippen LogP contribution is -2.12. The number of H-pyrrole nitrogens is 1. The van der Waals surface area contributed by atoms with Crippen LogP contribution in [0.3, 0.4) is 0 Å². The minimum absolute atomic E-state index is 0.0129. The molecule has 6 rings (SSSR count). The molecule has 0 bridgehead atoms. The van der Waals surface area contributed by atoms with Crippen LogP contribution in [0.2, 0.25) is 0 Å². The highest BCUT2D eigenvalue weighted by Crippen LogP contribution is 2.40. The number of fused-ring (bicyclic) bond motifs is 2. The molecule has 0 aliphatic heterocycles. The van der Waals surface area contributed by atoms with E-state index in [-0.39, 0.29) is 5.56 Å². The third-order valence-corrected chi connectivity index (χ3v) is 5.84. The molecular formula is C26H19N3O. The highest BCUT2D eigenvalue weighted by atomic mass is 16.1. The standard InChI is InChI=1S/C26H19N3O/c30-26-22(16-8-9-16)15-20-14-21(18-10-11-23-19(13-18)7-4-12-27-23)24(28-25(20)29-26)17-5-2-1-3-6-17/h1-7,10-16H,8-9H2,(H,28,29,30). The maximum Gasteiger partial charge on any atom is 0.253 e. The van der Waals surface area contributed by atoms with Crippen LogP contribution < -0.4 is 5.56 Å². The van der Waals surface area contributed by atoms with Crippen molar-refractivity contribution in [1.29, 1.82) is 0 Å². The molecule has 4 nitrogen and oxygen atoms in total. The predicted molar refractivity (Wildman–Crippen MR) is 121 cm³/mol. The monoisotopic (exact) mass is 389 g/mol. The molecular weight excluding hydrogens is 370 g/mol. The topological polar surface area (TPSA) is 58.6 Å². The first-order chi connectivity index (χ1) is 14.8. The Labute approximate surface area is 173 Å². The molecule has 2 aromatic carbocycles. The van der Waals surface area contributed by atoms with E-state index < -0.39 is 0 Å². The zero-order chi connectivity index (χ0) is 20.1. The number of nitrogens with zero attached hydrogens (tertiary/aromatic N) is 2. The smallest absolute Gasteiger partial charge is 0.253 e. The number of benzene rings is 2. The number of hydrogen-bond acceptors (Lipinski definition) is 3. The van der Waals surface area contributed by atoms with E-state index in [1.54, 1.807) is 0 Å². The fraction of sp³-hybridized carbons (Fsp3) is 0.115. The van der Waals surface area contributed by atoms with Crippen molar-refractivity contribution in [2.75, 3.05) is 0 Å². The number of nitrogens with one attached hydrogen (secondary N) is 1. The quantitative estimate of drug-likeness (QED) is 0.432. The van der Waals surface area contributed by atoms with Crippen LogP contribution >= 0.6 is 0 Å². The Morgan fingerprint density at radius 2 is 1.70 bits per heavy atom. The van der Waals surface area contributed by atoms with Gasteiger partial charge in [-0.1, -0.05) is 42.5 Å². The molecule has 0 saturated heterocycles. The minimum Gasteiger partial charge on any atom is -0.306 e. The summed E-state index contributed by atoms with van der Waals surface area (Å²) in [6.07, 6.45) is 3.99. The average Bonchev–Trinajstić information content (AvgIpc) is 3.63. The van der Waals surface area contributed by atoms with E-state index in [1.807, 2.05) is 42.6 Å². The fourth-order valence-corrected chi connectivity index (χ4v) is 4.13. The van der Waals surface area contributed by atoms with Crippen molar-refractivity contribution in [2.24, 2.45) is 0 Å². The van der Waals surface area contributed by atoms with E-state index in [4.69, 9.17) is 4.98 Å². The summed E-state index contributed by atoms with van der Waals surface area (Å²) in [6.45, 7) is 0. The van der Waals surface area contributed by atoms with Gasteiger partial charge in [-0.3, -0.25) is 9.78 Å². The molecule has 5 aromatic rings. The highest BCUT2D eigenvalue weighted by molar-refractivity contribution is 5.93. The van der Waals surface area contributed by atoms with Gasteiger partial charge in [0.05, 0.1) is 11.2 Å². The number of pyridine rings is 3. The van der Waals surface area contributed by atoms with Gasteiger partial charge in [-0.15, -0.1) is 0 Å².